The predicted octanol–water partition coefficient (Wildman–Crippen LogP) is 6.16. The SMILES string of the molecule is CC1=CP(=S)(C(C)(C)C)[C@H]2[C@@H]1[C@H]1C=C(C)[C@@H]2P1(=S)C(C)(C)C. The van der Waals surface area contributed by atoms with Crippen LogP contribution in [-0.2, 0) is 23.6 Å². The Kier molecular flexibility index (Phi) is 3.75. The van der Waals surface area contributed by atoms with Crippen LogP contribution in [0.1, 0.15) is 55.4 Å². The molecule has 0 aliphatic carbocycles. The first kappa shape index (κ1) is 17.6. The van der Waals surface area contributed by atoms with Crippen LogP contribution in [0.5, 0.6) is 0 Å². The van der Waals surface area contributed by atoms with E-state index in [-0.39, 0.29) is 10.3 Å². The molecular weight excluding hydrogens is 342 g/mol. The molecule has 6 atom stereocenters. The second-order valence-electron chi connectivity index (χ2n) is 9.50. The van der Waals surface area contributed by atoms with E-state index in [1.54, 1.807) is 11.1 Å². The van der Waals surface area contributed by atoms with Crippen LogP contribution in [0.15, 0.2) is 23.0 Å². The van der Waals surface area contributed by atoms with E-state index >= 15 is 0 Å². The van der Waals surface area contributed by atoms with Crippen molar-refractivity contribution in [2.75, 3.05) is 0 Å². The molecule has 0 aromatic heterocycles. The molecule has 1 saturated heterocycles. The monoisotopic (exact) mass is 372 g/mol. The van der Waals surface area contributed by atoms with Crippen LogP contribution in [0.3, 0.4) is 0 Å². The van der Waals surface area contributed by atoms with Crippen LogP contribution < -0.4 is 0 Å². The molecule has 3 heterocycles. The number of hydrogen-bond donors (Lipinski definition) is 0. The zero-order valence-electron chi connectivity index (χ0n) is 15.2. The topological polar surface area (TPSA) is 0 Å². The van der Waals surface area contributed by atoms with E-state index in [1.807, 2.05) is 0 Å². The lowest BCUT2D eigenvalue weighted by molar-refractivity contribution is 0.606. The molecular formula is C18H30P2S2. The molecule has 0 N–H and O–H groups in total. The Morgan fingerprint density at radius 3 is 1.91 bits per heavy atom. The number of allylic oxidation sites excluding steroid dienone is 3. The third kappa shape index (κ3) is 1.88. The van der Waals surface area contributed by atoms with E-state index in [0.717, 1.165) is 0 Å². The van der Waals surface area contributed by atoms with Crippen LogP contribution in [-0.4, -0.2) is 27.3 Å². The lowest BCUT2D eigenvalue weighted by Crippen LogP contribution is -2.33. The summed E-state index contributed by atoms with van der Waals surface area (Å²) in [5, 5.41) is 0.459. The van der Waals surface area contributed by atoms with Gasteiger partial charge in [-0.15, -0.1) is 0 Å². The van der Waals surface area contributed by atoms with Crippen molar-refractivity contribution in [2.45, 2.75) is 82.7 Å². The van der Waals surface area contributed by atoms with Gasteiger partial charge in [0.2, 0.25) is 0 Å². The minimum absolute atomic E-state index is 0.214. The number of rotatable bonds is 0. The molecule has 3 aliphatic heterocycles. The molecule has 22 heavy (non-hydrogen) atoms. The predicted molar refractivity (Wildman–Crippen MR) is 110 cm³/mol. The standard InChI is InChI=1S/C18H30P2S2/c1-11-9-13-14-12(2)10-19(21,17(3,4)5)16(14)15(11)20(13,22)18(6,7)8/h9-10,13-16H,1-8H3/t13-,14+,15+,16+,19?,20?/m1/s1. The molecule has 0 spiro atoms. The average molecular weight is 373 g/mol. The van der Waals surface area contributed by atoms with Gasteiger partial charge in [0, 0.05) is 17.0 Å². The third-order valence-electron chi connectivity index (χ3n) is 6.28. The normalized spacial score (nSPS) is 47.5. The van der Waals surface area contributed by atoms with Crippen molar-refractivity contribution < 1.29 is 0 Å². The van der Waals surface area contributed by atoms with Gasteiger partial charge in [-0.25, -0.2) is 0 Å². The molecule has 0 aromatic carbocycles. The molecule has 0 aromatic rings. The average Bonchev–Trinajstić information content (AvgIpc) is 2.83. The molecule has 4 heteroatoms. The zero-order chi connectivity index (χ0) is 16.9. The summed E-state index contributed by atoms with van der Waals surface area (Å²) in [5.74, 6) is 3.20. The number of fused-ring (bicyclic) bond motifs is 5. The van der Waals surface area contributed by atoms with Crippen LogP contribution in [0.4, 0.5) is 0 Å². The Hall–Kier alpha value is 0.780. The Bertz CT molecular complexity index is 685. The Labute approximate surface area is 147 Å². The molecule has 3 rings (SSSR count). The largest absolute Gasteiger partial charge is 0.0957 e. The maximum absolute atomic E-state index is 6.53. The fourth-order valence-electron chi connectivity index (χ4n) is 5.17. The highest BCUT2D eigenvalue weighted by Crippen LogP contribution is 2.87. The highest BCUT2D eigenvalue weighted by molar-refractivity contribution is 8.19. The minimum Gasteiger partial charge on any atom is -0.0957 e. The van der Waals surface area contributed by atoms with E-state index in [2.05, 4.69) is 67.3 Å². The first-order valence-electron chi connectivity index (χ1n) is 8.33. The van der Waals surface area contributed by atoms with Gasteiger partial charge in [-0.05, 0) is 42.2 Å². The molecule has 0 nitrogen and oxygen atoms in total. The maximum Gasteiger partial charge on any atom is 0.0182 e. The molecule has 0 radical (unpaired) electrons. The van der Waals surface area contributed by atoms with E-state index in [0.29, 0.717) is 22.9 Å². The minimum atomic E-state index is -1.55. The Morgan fingerprint density at radius 2 is 1.45 bits per heavy atom. The van der Waals surface area contributed by atoms with Crippen molar-refractivity contribution in [3.8, 4) is 0 Å². The summed E-state index contributed by atoms with van der Waals surface area (Å²) in [6.45, 7) is 18.9. The fourth-order valence-corrected chi connectivity index (χ4v) is 18.4. The second kappa shape index (κ2) is 4.69. The van der Waals surface area contributed by atoms with E-state index in [1.165, 1.54) is 0 Å². The highest BCUT2D eigenvalue weighted by Gasteiger charge is 2.67. The van der Waals surface area contributed by atoms with Gasteiger partial charge in [-0.3, -0.25) is 0 Å². The maximum atomic E-state index is 6.53. The Morgan fingerprint density at radius 1 is 0.909 bits per heavy atom. The van der Waals surface area contributed by atoms with E-state index < -0.39 is 12.1 Å². The van der Waals surface area contributed by atoms with Gasteiger partial charge >= 0.3 is 0 Å². The van der Waals surface area contributed by atoms with E-state index in [9.17, 15) is 0 Å². The van der Waals surface area contributed by atoms with Crippen molar-refractivity contribution in [1.29, 1.82) is 0 Å². The second-order valence-corrected chi connectivity index (χ2v) is 20.6. The summed E-state index contributed by atoms with van der Waals surface area (Å²) in [5.41, 5.74) is 5.02. The summed E-state index contributed by atoms with van der Waals surface area (Å²) in [6, 6.07) is -3.04. The smallest absolute Gasteiger partial charge is 0.0182 e. The first-order chi connectivity index (χ1) is 9.77. The van der Waals surface area contributed by atoms with Crippen molar-refractivity contribution in [3.05, 3.63) is 23.0 Å². The van der Waals surface area contributed by atoms with Gasteiger partial charge in [0.05, 0.1) is 0 Å². The van der Waals surface area contributed by atoms with Crippen molar-refractivity contribution in [2.24, 2.45) is 5.92 Å². The van der Waals surface area contributed by atoms with Gasteiger partial charge in [-0.2, -0.15) is 0 Å². The van der Waals surface area contributed by atoms with Crippen LogP contribution in [0.2, 0.25) is 0 Å². The van der Waals surface area contributed by atoms with Crippen LogP contribution >= 0.6 is 12.1 Å². The molecule has 2 bridgehead atoms. The van der Waals surface area contributed by atoms with Gasteiger partial charge in [0.1, 0.15) is 0 Å². The van der Waals surface area contributed by atoms with Crippen molar-refractivity contribution >= 4 is 35.7 Å². The van der Waals surface area contributed by atoms with Crippen LogP contribution in [0.25, 0.3) is 0 Å². The third-order valence-corrected chi connectivity index (χ3v) is 21.7. The van der Waals surface area contributed by atoms with Crippen molar-refractivity contribution in [3.63, 3.8) is 0 Å². The summed E-state index contributed by atoms with van der Waals surface area (Å²) in [7, 11) is 0. The summed E-state index contributed by atoms with van der Waals surface area (Å²) < 4.78 is 0. The Balaban J connectivity index is 2.25. The lowest BCUT2D eigenvalue weighted by Gasteiger charge is -2.43. The molecule has 2 unspecified atom stereocenters. The van der Waals surface area contributed by atoms with Gasteiger partial charge < -0.3 is 0 Å². The van der Waals surface area contributed by atoms with Gasteiger partial charge in [0.25, 0.3) is 0 Å². The first-order valence-corrected chi connectivity index (χ1v) is 14.2. The lowest BCUT2D eigenvalue weighted by atomic mass is 9.86. The fraction of sp³-hybridized carbons (Fsp3) is 0.778. The summed E-state index contributed by atoms with van der Waals surface area (Å²) >= 11 is 13.0. The summed E-state index contributed by atoms with van der Waals surface area (Å²) in [4.78, 5) is 0. The summed E-state index contributed by atoms with van der Waals surface area (Å²) in [6.07, 6.45) is 2.56. The highest BCUT2D eigenvalue weighted by atomic mass is 32.4. The molecule has 124 valence electrons. The quantitative estimate of drug-likeness (QED) is 0.369. The van der Waals surface area contributed by atoms with Gasteiger partial charge in [0.15, 0.2) is 0 Å². The number of hydrogen-bond acceptors (Lipinski definition) is 2. The molecule has 0 amide bonds. The molecule has 0 saturated carbocycles. The molecule has 1 fully saturated rings. The molecule has 3 aliphatic rings. The van der Waals surface area contributed by atoms with E-state index in [4.69, 9.17) is 23.6 Å². The van der Waals surface area contributed by atoms with Gasteiger partial charge in [-0.1, -0.05) is 88.2 Å². The van der Waals surface area contributed by atoms with Crippen LogP contribution in [0, 0.1) is 5.92 Å². The zero-order valence-corrected chi connectivity index (χ0v) is 18.6. The van der Waals surface area contributed by atoms with Crippen molar-refractivity contribution in [1.82, 2.24) is 0 Å².